The third-order valence-electron chi connectivity index (χ3n) is 2.10. The molecule has 0 aliphatic rings. The molecule has 0 fully saturated rings. The molecular formula is C11H12ClFO5S. The second kappa shape index (κ2) is 6.31. The minimum Gasteiger partial charge on any atom is -0.457 e. The SMILES string of the molecule is COCC(C)OC(=O)c1cc(F)cc(S(=O)(=O)Cl)c1. The molecule has 0 bridgehead atoms. The van der Waals surface area contributed by atoms with Gasteiger partial charge in [0.25, 0.3) is 9.05 Å². The first-order valence-electron chi connectivity index (χ1n) is 5.19. The van der Waals surface area contributed by atoms with Crippen LogP contribution in [0.3, 0.4) is 0 Å². The Morgan fingerprint density at radius 3 is 2.58 bits per heavy atom. The van der Waals surface area contributed by atoms with E-state index in [9.17, 15) is 17.6 Å². The number of benzene rings is 1. The van der Waals surface area contributed by atoms with Crippen LogP contribution in [0.1, 0.15) is 17.3 Å². The molecule has 0 N–H and O–H groups in total. The van der Waals surface area contributed by atoms with Gasteiger partial charge in [0.1, 0.15) is 11.9 Å². The van der Waals surface area contributed by atoms with Gasteiger partial charge in [-0.2, -0.15) is 0 Å². The monoisotopic (exact) mass is 310 g/mol. The standard InChI is InChI=1S/C11H12ClFO5S/c1-7(6-17-2)18-11(14)8-3-9(13)5-10(4-8)19(12,15)16/h3-5,7H,6H2,1-2H3. The van der Waals surface area contributed by atoms with Gasteiger partial charge in [0, 0.05) is 17.8 Å². The van der Waals surface area contributed by atoms with Crippen molar-refractivity contribution in [1.29, 1.82) is 0 Å². The molecule has 0 aliphatic carbocycles. The van der Waals surface area contributed by atoms with Crippen LogP contribution in [0.4, 0.5) is 4.39 Å². The first-order valence-corrected chi connectivity index (χ1v) is 7.50. The van der Waals surface area contributed by atoms with E-state index in [1.165, 1.54) is 7.11 Å². The number of rotatable bonds is 5. The lowest BCUT2D eigenvalue weighted by Gasteiger charge is -2.12. The topological polar surface area (TPSA) is 69.7 Å². The fourth-order valence-electron chi connectivity index (χ4n) is 1.34. The highest BCUT2D eigenvalue weighted by atomic mass is 35.7. The Kier molecular flexibility index (Phi) is 5.28. The molecule has 0 amide bonds. The van der Waals surface area contributed by atoms with Gasteiger partial charge in [-0.3, -0.25) is 0 Å². The Hall–Kier alpha value is -1.18. The first kappa shape index (κ1) is 15.9. The van der Waals surface area contributed by atoms with E-state index in [4.69, 9.17) is 20.2 Å². The lowest BCUT2D eigenvalue weighted by Crippen LogP contribution is -2.20. The Labute approximate surface area is 114 Å². The van der Waals surface area contributed by atoms with Crippen LogP contribution >= 0.6 is 10.7 Å². The third kappa shape index (κ3) is 4.77. The van der Waals surface area contributed by atoms with Crippen molar-refractivity contribution in [2.45, 2.75) is 17.9 Å². The zero-order valence-electron chi connectivity index (χ0n) is 10.2. The normalized spacial score (nSPS) is 13.1. The highest BCUT2D eigenvalue weighted by molar-refractivity contribution is 8.13. The van der Waals surface area contributed by atoms with E-state index in [2.05, 4.69) is 0 Å². The number of esters is 1. The van der Waals surface area contributed by atoms with Crippen molar-refractivity contribution in [2.24, 2.45) is 0 Å². The van der Waals surface area contributed by atoms with Gasteiger partial charge in [0.15, 0.2) is 0 Å². The van der Waals surface area contributed by atoms with Gasteiger partial charge >= 0.3 is 5.97 Å². The third-order valence-corrected chi connectivity index (χ3v) is 3.43. The molecule has 0 radical (unpaired) electrons. The van der Waals surface area contributed by atoms with Crippen molar-refractivity contribution in [3.63, 3.8) is 0 Å². The summed E-state index contributed by atoms with van der Waals surface area (Å²) in [4.78, 5) is 11.2. The molecule has 1 atom stereocenters. The summed E-state index contributed by atoms with van der Waals surface area (Å²) in [5.41, 5.74) is -0.234. The van der Waals surface area contributed by atoms with Crippen molar-refractivity contribution in [3.05, 3.63) is 29.6 Å². The molecule has 0 spiro atoms. The predicted octanol–water partition coefficient (Wildman–Crippen LogP) is 1.94. The van der Waals surface area contributed by atoms with Gasteiger partial charge < -0.3 is 9.47 Å². The van der Waals surface area contributed by atoms with E-state index in [1.807, 2.05) is 0 Å². The number of halogens is 2. The number of hydrogen-bond acceptors (Lipinski definition) is 5. The summed E-state index contributed by atoms with van der Waals surface area (Å²) < 4.78 is 45.2. The number of hydrogen-bond donors (Lipinski definition) is 0. The molecule has 1 aromatic carbocycles. The highest BCUT2D eigenvalue weighted by Gasteiger charge is 2.18. The van der Waals surface area contributed by atoms with Crippen molar-refractivity contribution >= 4 is 25.7 Å². The van der Waals surface area contributed by atoms with E-state index >= 15 is 0 Å². The largest absolute Gasteiger partial charge is 0.457 e. The molecule has 8 heteroatoms. The van der Waals surface area contributed by atoms with Gasteiger partial charge in [-0.05, 0) is 25.1 Å². The van der Waals surface area contributed by atoms with Gasteiger partial charge in [0.05, 0.1) is 17.1 Å². The predicted molar refractivity (Wildman–Crippen MR) is 66.2 cm³/mol. The zero-order chi connectivity index (χ0) is 14.6. The Morgan fingerprint density at radius 2 is 2.05 bits per heavy atom. The number of carbonyl (C=O) groups excluding carboxylic acids is 1. The molecule has 19 heavy (non-hydrogen) atoms. The lowest BCUT2D eigenvalue weighted by molar-refractivity contribution is 0.0119. The number of ether oxygens (including phenoxy) is 2. The molecular weight excluding hydrogens is 299 g/mol. The minimum atomic E-state index is -4.12. The summed E-state index contributed by atoms with van der Waals surface area (Å²) in [6.07, 6.45) is -0.545. The van der Waals surface area contributed by atoms with Crippen LogP contribution in [0, 0.1) is 5.82 Å². The maximum Gasteiger partial charge on any atom is 0.338 e. The molecule has 0 saturated heterocycles. The van der Waals surface area contributed by atoms with Crippen LogP contribution in [0.5, 0.6) is 0 Å². The van der Waals surface area contributed by atoms with E-state index in [0.29, 0.717) is 0 Å². The maximum atomic E-state index is 13.2. The van der Waals surface area contributed by atoms with Gasteiger partial charge in [-0.1, -0.05) is 0 Å². The molecule has 0 aromatic heterocycles. The fraction of sp³-hybridized carbons (Fsp3) is 0.364. The van der Waals surface area contributed by atoms with Crippen molar-refractivity contribution < 1.29 is 27.1 Å². The van der Waals surface area contributed by atoms with E-state index in [-0.39, 0.29) is 12.2 Å². The second-order valence-corrected chi connectivity index (χ2v) is 6.35. The molecule has 0 aliphatic heterocycles. The average molecular weight is 311 g/mol. The van der Waals surface area contributed by atoms with Gasteiger partial charge in [-0.15, -0.1) is 0 Å². The van der Waals surface area contributed by atoms with Crippen LogP contribution in [0.25, 0.3) is 0 Å². The fourth-order valence-corrected chi connectivity index (χ4v) is 2.13. The molecule has 1 unspecified atom stereocenters. The molecule has 1 rings (SSSR count). The molecule has 1 aromatic rings. The second-order valence-electron chi connectivity index (χ2n) is 3.78. The Bertz CT molecular complexity index is 572. The van der Waals surface area contributed by atoms with Gasteiger partial charge in [0.2, 0.25) is 0 Å². The summed E-state index contributed by atoms with van der Waals surface area (Å²) >= 11 is 0. The molecule has 106 valence electrons. The highest BCUT2D eigenvalue weighted by Crippen LogP contribution is 2.19. The average Bonchev–Trinajstić information content (AvgIpc) is 2.27. The minimum absolute atomic E-state index is 0.168. The summed E-state index contributed by atoms with van der Waals surface area (Å²) in [7, 11) is 2.41. The summed E-state index contributed by atoms with van der Waals surface area (Å²) in [5.74, 6) is -1.75. The van der Waals surface area contributed by atoms with Gasteiger partial charge in [-0.25, -0.2) is 17.6 Å². The smallest absolute Gasteiger partial charge is 0.338 e. The Balaban J connectivity index is 3.01. The summed E-state index contributed by atoms with van der Waals surface area (Å²) in [6, 6.07) is 2.54. The van der Waals surface area contributed by atoms with E-state index < -0.39 is 31.8 Å². The summed E-state index contributed by atoms with van der Waals surface area (Å²) in [5, 5.41) is 0. The molecule has 0 saturated carbocycles. The van der Waals surface area contributed by atoms with E-state index in [0.717, 1.165) is 18.2 Å². The van der Waals surface area contributed by atoms with Crippen LogP contribution in [0.15, 0.2) is 23.1 Å². The van der Waals surface area contributed by atoms with Crippen molar-refractivity contribution in [1.82, 2.24) is 0 Å². The van der Waals surface area contributed by atoms with Crippen LogP contribution in [-0.4, -0.2) is 34.2 Å². The maximum absolute atomic E-state index is 13.2. The van der Waals surface area contributed by atoms with E-state index in [1.54, 1.807) is 6.92 Å². The van der Waals surface area contributed by atoms with Crippen LogP contribution in [-0.2, 0) is 18.5 Å². The van der Waals surface area contributed by atoms with Crippen LogP contribution < -0.4 is 0 Å². The number of methoxy groups -OCH3 is 1. The quantitative estimate of drug-likeness (QED) is 0.614. The molecule has 5 nitrogen and oxygen atoms in total. The van der Waals surface area contributed by atoms with Crippen LogP contribution in [0.2, 0.25) is 0 Å². The first-order chi connectivity index (χ1) is 8.74. The zero-order valence-corrected chi connectivity index (χ0v) is 11.8. The lowest BCUT2D eigenvalue weighted by atomic mass is 10.2. The summed E-state index contributed by atoms with van der Waals surface area (Å²) in [6.45, 7) is 1.75. The van der Waals surface area contributed by atoms with Crippen molar-refractivity contribution in [3.8, 4) is 0 Å². The Morgan fingerprint density at radius 1 is 1.42 bits per heavy atom. The number of carbonyl (C=O) groups is 1. The van der Waals surface area contributed by atoms with Crippen molar-refractivity contribution in [2.75, 3.05) is 13.7 Å². The molecule has 0 heterocycles.